The zero-order valence-electron chi connectivity index (χ0n) is 10.9. The Morgan fingerprint density at radius 2 is 2.11 bits per heavy atom. The van der Waals surface area contributed by atoms with Gasteiger partial charge in [-0.05, 0) is 43.2 Å². The van der Waals surface area contributed by atoms with Crippen molar-refractivity contribution in [1.29, 1.82) is 0 Å². The summed E-state index contributed by atoms with van der Waals surface area (Å²) in [6.45, 7) is 4.35. The monoisotopic (exact) mass is 247 g/mol. The largest absolute Gasteiger partial charge is 0.493 e. The van der Waals surface area contributed by atoms with Crippen molar-refractivity contribution in [2.75, 3.05) is 19.7 Å². The van der Waals surface area contributed by atoms with Gasteiger partial charge in [-0.15, -0.1) is 0 Å². The third kappa shape index (κ3) is 3.86. The summed E-state index contributed by atoms with van der Waals surface area (Å²) < 4.78 is 5.57. The number of aliphatic hydroxyl groups is 1. The zero-order valence-corrected chi connectivity index (χ0v) is 10.9. The molecule has 0 aromatic heterocycles. The molecule has 18 heavy (non-hydrogen) atoms. The highest BCUT2D eigenvalue weighted by molar-refractivity contribution is 5.67. The SMILES string of the molecule is CC(O)CCOc1ccc(C2=CCNCC2)cc1. The summed E-state index contributed by atoms with van der Waals surface area (Å²) in [6.07, 6.45) is 3.69. The Kier molecular flexibility index (Phi) is 4.79. The van der Waals surface area contributed by atoms with Gasteiger partial charge < -0.3 is 15.2 Å². The van der Waals surface area contributed by atoms with Gasteiger partial charge in [-0.1, -0.05) is 18.2 Å². The Hall–Kier alpha value is -1.32. The number of rotatable bonds is 5. The van der Waals surface area contributed by atoms with Crippen molar-refractivity contribution in [2.24, 2.45) is 0 Å². The minimum atomic E-state index is -0.302. The number of nitrogens with one attached hydrogen (secondary N) is 1. The molecule has 1 aromatic rings. The van der Waals surface area contributed by atoms with Gasteiger partial charge in [0.2, 0.25) is 0 Å². The molecular weight excluding hydrogens is 226 g/mol. The molecule has 0 saturated heterocycles. The highest BCUT2D eigenvalue weighted by atomic mass is 16.5. The molecular formula is C15H21NO2. The lowest BCUT2D eigenvalue weighted by Crippen LogP contribution is -2.19. The van der Waals surface area contributed by atoms with Gasteiger partial charge in [-0.25, -0.2) is 0 Å². The van der Waals surface area contributed by atoms with Crippen molar-refractivity contribution in [3.63, 3.8) is 0 Å². The van der Waals surface area contributed by atoms with Crippen LogP contribution in [0.15, 0.2) is 30.3 Å². The second-order valence-electron chi connectivity index (χ2n) is 4.69. The van der Waals surface area contributed by atoms with E-state index < -0.39 is 0 Å². The van der Waals surface area contributed by atoms with Gasteiger partial charge in [-0.3, -0.25) is 0 Å². The van der Waals surface area contributed by atoms with Gasteiger partial charge >= 0.3 is 0 Å². The number of ether oxygens (including phenoxy) is 1. The van der Waals surface area contributed by atoms with Crippen LogP contribution >= 0.6 is 0 Å². The van der Waals surface area contributed by atoms with E-state index in [2.05, 4.69) is 23.5 Å². The smallest absolute Gasteiger partial charge is 0.119 e. The predicted octanol–water partition coefficient (Wildman–Crippen LogP) is 2.21. The van der Waals surface area contributed by atoms with Crippen molar-refractivity contribution >= 4 is 5.57 Å². The van der Waals surface area contributed by atoms with Crippen molar-refractivity contribution < 1.29 is 9.84 Å². The Balaban J connectivity index is 1.91. The molecule has 1 aliphatic heterocycles. The van der Waals surface area contributed by atoms with Crippen LogP contribution in [-0.4, -0.2) is 30.9 Å². The number of benzene rings is 1. The molecule has 1 heterocycles. The lowest BCUT2D eigenvalue weighted by molar-refractivity contribution is 0.155. The Labute approximate surface area is 108 Å². The van der Waals surface area contributed by atoms with Gasteiger partial charge in [0.25, 0.3) is 0 Å². The first-order chi connectivity index (χ1) is 8.75. The molecule has 3 heteroatoms. The maximum absolute atomic E-state index is 9.15. The molecule has 98 valence electrons. The molecule has 1 aliphatic rings. The molecule has 0 spiro atoms. The van der Waals surface area contributed by atoms with Crippen LogP contribution in [0, 0.1) is 0 Å². The summed E-state index contributed by atoms with van der Waals surface area (Å²) in [5.41, 5.74) is 2.68. The highest BCUT2D eigenvalue weighted by Crippen LogP contribution is 2.22. The topological polar surface area (TPSA) is 41.5 Å². The maximum atomic E-state index is 9.15. The average molecular weight is 247 g/mol. The Morgan fingerprint density at radius 1 is 1.33 bits per heavy atom. The summed E-state index contributed by atoms with van der Waals surface area (Å²) in [6, 6.07) is 8.21. The van der Waals surface area contributed by atoms with Gasteiger partial charge in [0.1, 0.15) is 5.75 Å². The fourth-order valence-electron chi connectivity index (χ4n) is 2.00. The van der Waals surface area contributed by atoms with E-state index in [-0.39, 0.29) is 6.10 Å². The highest BCUT2D eigenvalue weighted by Gasteiger charge is 2.05. The molecule has 0 saturated carbocycles. The van der Waals surface area contributed by atoms with Gasteiger partial charge in [0, 0.05) is 13.0 Å². The standard InChI is InChI=1S/C15H21NO2/c1-12(17)8-11-18-15-4-2-13(3-5-15)14-6-9-16-10-7-14/h2-6,12,16-17H,7-11H2,1H3. The molecule has 0 bridgehead atoms. The van der Waals surface area contributed by atoms with Crippen molar-refractivity contribution in [3.8, 4) is 5.75 Å². The van der Waals surface area contributed by atoms with Gasteiger partial charge in [-0.2, -0.15) is 0 Å². The van der Waals surface area contributed by atoms with E-state index in [1.54, 1.807) is 6.92 Å². The van der Waals surface area contributed by atoms with Crippen LogP contribution in [0.25, 0.3) is 5.57 Å². The van der Waals surface area contributed by atoms with Crippen LogP contribution in [0.2, 0.25) is 0 Å². The third-order valence-electron chi connectivity index (χ3n) is 3.09. The minimum Gasteiger partial charge on any atom is -0.493 e. The normalized spacial score (nSPS) is 17.1. The van der Waals surface area contributed by atoms with Crippen LogP contribution < -0.4 is 10.1 Å². The molecule has 1 aromatic carbocycles. The first-order valence-corrected chi connectivity index (χ1v) is 6.57. The summed E-state index contributed by atoms with van der Waals surface area (Å²) in [4.78, 5) is 0. The van der Waals surface area contributed by atoms with E-state index in [1.807, 2.05) is 12.1 Å². The lowest BCUT2D eigenvalue weighted by atomic mass is 10.0. The quantitative estimate of drug-likeness (QED) is 0.838. The van der Waals surface area contributed by atoms with E-state index in [1.165, 1.54) is 11.1 Å². The molecule has 0 aliphatic carbocycles. The molecule has 2 N–H and O–H groups in total. The molecule has 0 amide bonds. The summed E-state index contributed by atoms with van der Waals surface area (Å²) in [5.74, 6) is 0.869. The first-order valence-electron chi connectivity index (χ1n) is 6.57. The number of aliphatic hydroxyl groups excluding tert-OH is 1. The zero-order chi connectivity index (χ0) is 12.8. The summed E-state index contributed by atoms with van der Waals surface area (Å²) in [7, 11) is 0. The van der Waals surface area contributed by atoms with Crippen molar-refractivity contribution in [1.82, 2.24) is 5.32 Å². The van der Waals surface area contributed by atoms with E-state index >= 15 is 0 Å². The first kappa shape index (κ1) is 13.1. The molecule has 0 fully saturated rings. The Morgan fingerprint density at radius 3 is 2.72 bits per heavy atom. The molecule has 1 unspecified atom stereocenters. The second kappa shape index (κ2) is 6.57. The third-order valence-corrected chi connectivity index (χ3v) is 3.09. The van der Waals surface area contributed by atoms with Crippen molar-refractivity contribution in [2.45, 2.75) is 25.9 Å². The van der Waals surface area contributed by atoms with Crippen LogP contribution in [-0.2, 0) is 0 Å². The molecule has 3 nitrogen and oxygen atoms in total. The summed E-state index contributed by atoms with van der Waals surface area (Å²) in [5, 5.41) is 12.5. The van der Waals surface area contributed by atoms with Crippen LogP contribution in [0.4, 0.5) is 0 Å². The van der Waals surface area contributed by atoms with E-state index in [0.29, 0.717) is 13.0 Å². The van der Waals surface area contributed by atoms with Gasteiger partial charge in [0.15, 0.2) is 0 Å². The molecule has 1 atom stereocenters. The minimum absolute atomic E-state index is 0.302. The van der Waals surface area contributed by atoms with E-state index in [4.69, 9.17) is 9.84 Å². The van der Waals surface area contributed by atoms with Crippen molar-refractivity contribution in [3.05, 3.63) is 35.9 Å². The maximum Gasteiger partial charge on any atom is 0.119 e. The van der Waals surface area contributed by atoms with Crippen LogP contribution in [0.5, 0.6) is 5.75 Å². The fraction of sp³-hybridized carbons (Fsp3) is 0.467. The lowest BCUT2D eigenvalue weighted by Gasteiger charge is -2.14. The number of hydrogen-bond donors (Lipinski definition) is 2. The Bertz CT molecular complexity index is 395. The van der Waals surface area contributed by atoms with Crippen LogP contribution in [0.1, 0.15) is 25.3 Å². The predicted molar refractivity (Wildman–Crippen MR) is 73.7 cm³/mol. The fourth-order valence-corrected chi connectivity index (χ4v) is 2.00. The van der Waals surface area contributed by atoms with E-state index in [9.17, 15) is 0 Å². The summed E-state index contributed by atoms with van der Waals surface area (Å²) >= 11 is 0. The average Bonchev–Trinajstić information content (AvgIpc) is 2.40. The van der Waals surface area contributed by atoms with Crippen LogP contribution in [0.3, 0.4) is 0 Å². The van der Waals surface area contributed by atoms with Gasteiger partial charge in [0.05, 0.1) is 12.7 Å². The molecule has 2 rings (SSSR count). The molecule has 0 radical (unpaired) electrons. The number of hydrogen-bond acceptors (Lipinski definition) is 3. The second-order valence-corrected chi connectivity index (χ2v) is 4.69. The van der Waals surface area contributed by atoms with E-state index in [0.717, 1.165) is 25.3 Å².